The van der Waals surface area contributed by atoms with Gasteiger partial charge in [-0.1, -0.05) is 0 Å². The molecule has 1 atom stereocenters. The Kier molecular flexibility index (Phi) is 5.32. The van der Waals surface area contributed by atoms with Crippen LogP contribution in [0.4, 0.5) is 17.5 Å². The lowest BCUT2D eigenvalue weighted by Gasteiger charge is -2.28. The number of carbonyl (C=O) groups is 2. The first-order valence-corrected chi connectivity index (χ1v) is 8.49. The van der Waals surface area contributed by atoms with Gasteiger partial charge in [0.1, 0.15) is 5.69 Å². The van der Waals surface area contributed by atoms with E-state index in [4.69, 9.17) is 4.74 Å². The fourth-order valence-electron chi connectivity index (χ4n) is 2.90. The molecule has 3 rings (SSSR count). The zero-order chi connectivity index (χ0) is 17.8. The van der Waals surface area contributed by atoms with Crippen LogP contribution in [0, 0.1) is 5.92 Å². The number of aromatic nitrogens is 2. The fourth-order valence-corrected chi connectivity index (χ4v) is 2.90. The lowest BCUT2D eigenvalue weighted by molar-refractivity contribution is -0.126. The number of anilines is 3. The van der Waals surface area contributed by atoms with Gasteiger partial charge in [-0.25, -0.2) is 4.98 Å². The van der Waals surface area contributed by atoms with Crippen molar-refractivity contribution in [3.05, 3.63) is 6.20 Å². The summed E-state index contributed by atoms with van der Waals surface area (Å²) in [6.45, 7) is 3.19. The zero-order valence-corrected chi connectivity index (χ0v) is 14.6. The Hall–Kier alpha value is -2.42. The van der Waals surface area contributed by atoms with Gasteiger partial charge in [-0.15, -0.1) is 0 Å². The number of piperidine rings is 1. The first-order chi connectivity index (χ1) is 12.0. The minimum atomic E-state index is -0.230. The van der Waals surface area contributed by atoms with Crippen molar-refractivity contribution in [2.75, 3.05) is 62.1 Å². The van der Waals surface area contributed by atoms with Crippen LogP contribution < -0.4 is 20.4 Å². The standard InChI is InChI=1S/C16H24N6O3/c1-21(2)14-12(19-15(24)11-3-4-13(23)17-9-11)10-18-16(20-14)22-5-7-25-8-6-22/h10-11H,3-9H2,1-2H3,(H,17,23)(H,19,24). The highest BCUT2D eigenvalue weighted by Gasteiger charge is 2.26. The third-order valence-corrected chi connectivity index (χ3v) is 4.37. The summed E-state index contributed by atoms with van der Waals surface area (Å²) in [6.07, 6.45) is 2.58. The van der Waals surface area contributed by atoms with Crippen LogP contribution in [0.5, 0.6) is 0 Å². The maximum atomic E-state index is 12.5. The van der Waals surface area contributed by atoms with Crippen LogP contribution in [0.25, 0.3) is 0 Å². The molecule has 9 nitrogen and oxygen atoms in total. The van der Waals surface area contributed by atoms with Crippen LogP contribution in [0.1, 0.15) is 12.8 Å². The summed E-state index contributed by atoms with van der Waals surface area (Å²) in [4.78, 5) is 36.6. The predicted octanol–water partition coefficient (Wildman–Crippen LogP) is -0.156. The normalized spacial score (nSPS) is 20.8. The van der Waals surface area contributed by atoms with Crippen LogP contribution in [0.2, 0.25) is 0 Å². The Balaban J connectivity index is 1.73. The van der Waals surface area contributed by atoms with Crippen molar-refractivity contribution < 1.29 is 14.3 Å². The van der Waals surface area contributed by atoms with E-state index in [-0.39, 0.29) is 17.7 Å². The van der Waals surface area contributed by atoms with Gasteiger partial charge in [-0.2, -0.15) is 4.98 Å². The molecule has 2 amide bonds. The second-order valence-corrected chi connectivity index (χ2v) is 6.43. The smallest absolute Gasteiger partial charge is 0.229 e. The second-order valence-electron chi connectivity index (χ2n) is 6.43. The molecule has 2 aliphatic rings. The van der Waals surface area contributed by atoms with E-state index in [1.807, 2.05) is 19.0 Å². The van der Waals surface area contributed by atoms with Crippen LogP contribution in [0.3, 0.4) is 0 Å². The van der Waals surface area contributed by atoms with E-state index in [0.29, 0.717) is 50.1 Å². The summed E-state index contributed by atoms with van der Waals surface area (Å²) in [7, 11) is 3.75. The summed E-state index contributed by atoms with van der Waals surface area (Å²) in [5, 5.41) is 5.63. The van der Waals surface area contributed by atoms with Crippen molar-refractivity contribution in [2.24, 2.45) is 5.92 Å². The van der Waals surface area contributed by atoms with E-state index in [1.165, 1.54) is 0 Å². The van der Waals surface area contributed by atoms with Crippen molar-refractivity contribution in [3.63, 3.8) is 0 Å². The number of carbonyl (C=O) groups excluding carboxylic acids is 2. The molecule has 136 valence electrons. The molecule has 1 aromatic heterocycles. The van der Waals surface area contributed by atoms with E-state index in [1.54, 1.807) is 6.20 Å². The number of morpholine rings is 1. The van der Waals surface area contributed by atoms with Crippen LogP contribution in [-0.4, -0.2) is 68.7 Å². The van der Waals surface area contributed by atoms with Crippen LogP contribution in [0.15, 0.2) is 6.20 Å². The molecule has 9 heteroatoms. The molecule has 0 bridgehead atoms. The predicted molar refractivity (Wildman–Crippen MR) is 93.8 cm³/mol. The Bertz CT molecular complexity index is 635. The molecule has 0 spiro atoms. The van der Waals surface area contributed by atoms with Gasteiger partial charge >= 0.3 is 0 Å². The molecule has 2 fully saturated rings. The van der Waals surface area contributed by atoms with Gasteiger partial charge in [0, 0.05) is 40.2 Å². The summed E-state index contributed by atoms with van der Waals surface area (Å²) in [5.74, 6) is 0.938. The Morgan fingerprint density at radius 2 is 2.16 bits per heavy atom. The number of hydrogen-bond donors (Lipinski definition) is 2. The highest BCUT2D eigenvalue weighted by Crippen LogP contribution is 2.25. The third-order valence-electron chi connectivity index (χ3n) is 4.37. The SMILES string of the molecule is CN(C)c1nc(N2CCOCC2)ncc1NC(=O)C1CCC(=O)NC1. The summed E-state index contributed by atoms with van der Waals surface area (Å²) < 4.78 is 5.36. The molecule has 0 aromatic carbocycles. The molecule has 2 N–H and O–H groups in total. The Morgan fingerprint density at radius 1 is 1.40 bits per heavy atom. The fraction of sp³-hybridized carbons (Fsp3) is 0.625. The van der Waals surface area contributed by atoms with Crippen LogP contribution >= 0.6 is 0 Å². The van der Waals surface area contributed by atoms with E-state index < -0.39 is 0 Å². The van der Waals surface area contributed by atoms with Crippen molar-refractivity contribution in [2.45, 2.75) is 12.8 Å². The van der Waals surface area contributed by atoms with Crippen LogP contribution in [-0.2, 0) is 14.3 Å². The quantitative estimate of drug-likeness (QED) is 0.780. The van der Waals surface area contributed by atoms with Gasteiger partial charge in [0.15, 0.2) is 5.82 Å². The minimum Gasteiger partial charge on any atom is -0.378 e. The zero-order valence-electron chi connectivity index (χ0n) is 14.6. The number of nitrogens with one attached hydrogen (secondary N) is 2. The van der Waals surface area contributed by atoms with E-state index >= 15 is 0 Å². The largest absolute Gasteiger partial charge is 0.378 e. The number of amides is 2. The molecular weight excluding hydrogens is 324 g/mol. The molecule has 2 saturated heterocycles. The molecule has 1 aromatic rings. The highest BCUT2D eigenvalue weighted by atomic mass is 16.5. The van der Waals surface area contributed by atoms with Gasteiger partial charge in [-0.3, -0.25) is 9.59 Å². The van der Waals surface area contributed by atoms with E-state index in [0.717, 1.165) is 13.1 Å². The number of hydrogen-bond acceptors (Lipinski definition) is 7. The lowest BCUT2D eigenvalue weighted by Crippen LogP contribution is -2.40. The lowest BCUT2D eigenvalue weighted by atomic mass is 9.98. The van der Waals surface area contributed by atoms with E-state index in [9.17, 15) is 9.59 Å². The number of rotatable bonds is 4. The summed E-state index contributed by atoms with van der Waals surface area (Å²) in [6, 6.07) is 0. The summed E-state index contributed by atoms with van der Waals surface area (Å²) in [5.41, 5.74) is 0.573. The van der Waals surface area contributed by atoms with Crippen molar-refractivity contribution >= 4 is 29.3 Å². The van der Waals surface area contributed by atoms with Gasteiger partial charge in [0.2, 0.25) is 17.8 Å². The second kappa shape index (κ2) is 7.64. The molecule has 2 aliphatic heterocycles. The third kappa shape index (κ3) is 4.16. The molecule has 0 aliphatic carbocycles. The van der Waals surface area contributed by atoms with Crippen molar-refractivity contribution in [1.82, 2.24) is 15.3 Å². The van der Waals surface area contributed by atoms with Crippen molar-refractivity contribution in [1.29, 1.82) is 0 Å². The molecule has 25 heavy (non-hydrogen) atoms. The number of ether oxygens (including phenoxy) is 1. The van der Waals surface area contributed by atoms with Gasteiger partial charge < -0.3 is 25.2 Å². The molecule has 3 heterocycles. The average molecular weight is 348 g/mol. The molecular formula is C16H24N6O3. The maximum absolute atomic E-state index is 12.5. The Morgan fingerprint density at radius 3 is 2.80 bits per heavy atom. The monoisotopic (exact) mass is 348 g/mol. The molecule has 0 saturated carbocycles. The highest BCUT2D eigenvalue weighted by molar-refractivity contribution is 5.96. The van der Waals surface area contributed by atoms with E-state index in [2.05, 4.69) is 25.5 Å². The molecule has 1 unspecified atom stereocenters. The average Bonchev–Trinajstić information content (AvgIpc) is 2.63. The van der Waals surface area contributed by atoms with Gasteiger partial charge in [-0.05, 0) is 6.42 Å². The topological polar surface area (TPSA) is 99.7 Å². The Labute approximate surface area is 146 Å². The van der Waals surface area contributed by atoms with Crippen molar-refractivity contribution in [3.8, 4) is 0 Å². The van der Waals surface area contributed by atoms with Gasteiger partial charge in [0.25, 0.3) is 0 Å². The number of nitrogens with zero attached hydrogens (tertiary/aromatic N) is 4. The minimum absolute atomic E-state index is 0.00349. The first kappa shape index (κ1) is 17.4. The summed E-state index contributed by atoms with van der Waals surface area (Å²) >= 11 is 0. The maximum Gasteiger partial charge on any atom is 0.229 e. The van der Waals surface area contributed by atoms with Gasteiger partial charge in [0.05, 0.1) is 25.3 Å². The molecule has 0 radical (unpaired) electrons. The first-order valence-electron chi connectivity index (χ1n) is 8.49.